The first-order valence-corrected chi connectivity index (χ1v) is 8.63. The van der Waals surface area contributed by atoms with Crippen LogP contribution in [-0.4, -0.2) is 29.0 Å². The number of rotatable bonds is 8. The Morgan fingerprint density at radius 1 is 1.29 bits per heavy atom. The average molecular weight is 309 g/mol. The molecule has 1 aromatic rings. The Balaban J connectivity index is 2.09. The van der Waals surface area contributed by atoms with E-state index in [0.29, 0.717) is 4.75 Å². The van der Waals surface area contributed by atoms with Crippen LogP contribution in [0.1, 0.15) is 32.6 Å². The highest BCUT2D eigenvalue weighted by molar-refractivity contribution is 8.00. The number of non-ortho nitro benzene ring substituents is 1. The lowest BCUT2D eigenvalue weighted by atomic mass is 9.84. The van der Waals surface area contributed by atoms with Crippen LogP contribution in [0.4, 0.5) is 17.1 Å². The van der Waals surface area contributed by atoms with Gasteiger partial charge in [-0.05, 0) is 31.6 Å². The molecule has 1 aliphatic carbocycles. The largest absolute Gasteiger partial charge is 0.385 e. The quantitative estimate of drug-likeness (QED) is 0.558. The number of nitrogens with one attached hydrogen (secondary N) is 2. The molecule has 0 amide bonds. The minimum Gasteiger partial charge on any atom is -0.385 e. The minimum atomic E-state index is -0.337. The molecule has 116 valence electrons. The number of nitro groups is 1. The Kier molecular flexibility index (Phi) is 5.33. The Hall–Kier alpha value is -1.43. The van der Waals surface area contributed by atoms with Gasteiger partial charge in [0, 0.05) is 41.3 Å². The highest BCUT2D eigenvalue weighted by atomic mass is 32.2. The SMILES string of the molecule is CCCNc1cc(NCC2(SC)CCC2)cc([N+](=O)[O-])c1. The molecule has 1 saturated carbocycles. The molecule has 6 heteroatoms. The van der Waals surface area contributed by atoms with Crippen LogP contribution in [0, 0.1) is 10.1 Å². The Morgan fingerprint density at radius 3 is 2.43 bits per heavy atom. The summed E-state index contributed by atoms with van der Waals surface area (Å²) in [6.45, 7) is 3.75. The summed E-state index contributed by atoms with van der Waals surface area (Å²) in [5.41, 5.74) is 1.76. The lowest BCUT2D eigenvalue weighted by Gasteiger charge is -2.40. The molecule has 0 aromatic heterocycles. The van der Waals surface area contributed by atoms with E-state index in [1.165, 1.54) is 19.3 Å². The van der Waals surface area contributed by atoms with Gasteiger partial charge in [-0.3, -0.25) is 10.1 Å². The fourth-order valence-electron chi connectivity index (χ4n) is 2.48. The van der Waals surface area contributed by atoms with Crippen molar-refractivity contribution in [2.75, 3.05) is 30.0 Å². The summed E-state index contributed by atoms with van der Waals surface area (Å²) >= 11 is 1.89. The standard InChI is InChI=1S/C15H23N3O2S/c1-3-7-16-12-8-13(10-14(9-12)18(19)20)17-11-15(21-2)5-4-6-15/h8-10,16-17H,3-7,11H2,1-2H3. The van der Waals surface area contributed by atoms with Gasteiger partial charge in [0.2, 0.25) is 0 Å². The number of anilines is 2. The maximum atomic E-state index is 11.0. The van der Waals surface area contributed by atoms with Gasteiger partial charge in [0.15, 0.2) is 0 Å². The number of nitrogens with zero attached hydrogens (tertiary/aromatic N) is 1. The zero-order chi connectivity index (χ0) is 15.3. The van der Waals surface area contributed by atoms with Crippen molar-refractivity contribution in [1.82, 2.24) is 0 Å². The lowest BCUT2D eigenvalue weighted by molar-refractivity contribution is -0.384. The van der Waals surface area contributed by atoms with Crippen molar-refractivity contribution in [3.05, 3.63) is 28.3 Å². The fourth-order valence-corrected chi connectivity index (χ4v) is 3.39. The molecule has 0 spiro atoms. The molecule has 0 unspecified atom stereocenters. The number of hydrogen-bond acceptors (Lipinski definition) is 5. The second kappa shape index (κ2) is 7.02. The second-order valence-electron chi connectivity index (χ2n) is 5.55. The Morgan fingerprint density at radius 2 is 1.95 bits per heavy atom. The first-order valence-electron chi connectivity index (χ1n) is 7.41. The van der Waals surface area contributed by atoms with Gasteiger partial charge in [-0.2, -0.15) is 11.8 Å². The molecule has 21 heavy (non-hydrogen) atoms. The number of hydrogen-bond donors (Lipinski definition) is 2. The summed E-state index contributed by atoms with van der Waals surface area (Å²) in [6.07, 6.45) is 6.85. The van der Waals surface area contributed by atoms with Crippen molar-refractivity contribution in [2.45, 2.75) is 37.4 Å². The molecular formula is C15H23N3O2S. The number of thioether (sulfide) groups is 1. The topological polar surface area (TPSA) is 67.2 Å². The van der Waals surface area contributed by atoms with Gasteiger partial charge in [-0.15, -0.1) is 0 Å². The van der Waals surface area contributed by atoms with Crippen LogP contribution in [0.25, 0.3) is 0 Å². The molecule has 1 aliphatic rings. The molecule has 1 fully saturated rings. The summed E-state index contributed by atoms with van der Waals surface area (Å²) in [5.74, 6) is 0. The van der Waals surface area contributed by atoms with Crippen molar-refractivity contribution in [3.8, 4) is 0 Å². The van der Waals surface area contributed by atoms with Gasteiger partial charge >= 0.3 is 0 Å². The first-order chi connectivity index (χ1) is 10.1. The van der Waals surface area contributed by atoms with E-state index in [4.69, 9.17) is 0 Å². The average Bonchev–Trinajstić information content (AvgIpc) is 2.44. The lowest BCUT2D eigenvalue weighted by Crippen LogP contribution is -2.40. The van der Waals surface area contributed by atoms with Gasteiger partial charge in [0.25, 0.3) is 5.69 Å². The molecule has 2 rings (SSSR count). The van der Waals surface area contributed by atoms with E-state index in [2.05, 4.69) is 23.8 Å². The van der Waals surface area contributed by atoms with Crippen molar-refractivity contribution in [1.29, 1.82) is 0 Å². The summed E-state index contributed by atoms with van der Waals surface area (Å²) in [4.78, 5) is 10.7. The number of nitro benzene ring substituents is 1. The molecule has 2 N–H and O–H groups in total. The zero-order valence-electron chi connectivity index (χ0n) is 12.6. The molecule has 0 atom stereocenters. The molecule has 0 aliphatic heterocycles. The predicted octanol–water partition coefficient (Wildman–Crippen LogP) is 4.11. The van der Waals surface area contributed by atoms with E-state index in [0.717, 1.165) is 30.9 Å². The van der Waals surface area contributed by atoms with Crippen LogP contribution < -0.4 is 10.6 Å². The van der Waals surface area contributed by atoms with Crippen molar-refractivity contribution >= 4 is 28.8 Å². The maximum Gasteiger partial charge on any atom is 0.273 e. The second-order valence-corrected chi connectivity index (χ2v) is 6.82. The van der Waals surface area contributed by atoms with Crippen LogP contribution in [-0.2, 0) is 0 Å². The van der Waals surface area contributed by atoms with E-state index in [9.17, 15) is 10.1 Å². The van der Waals surface area contributed by atoms with E-state index >= 15 is 0 Å². The van der Waals surface area contributed by atoms with Gasteiger partial charge in [-0.1, -0.05) is 13.3 Å². The summed E-state index contributed by atoms with van der Waals surface area (Å²) in [7, 11) is 0. The third-order valence-electron chi connectivity index (χ3n) is 4.02. The van der Waals surface area contributed by atoms with Gasteiger partial charge in [0.1, 0.15) is 0 Å². The monoisotopic (exact) mass is 309 g/mol. The van der Waals surface area contributed by atoms with E-state index in [-0.39, 0.29) is 10.6 Å². The van der Waals surface area contributed by atoms with Crippen LogP contribution >= 0.6 is 11.8 Å². The van der Waals surface area contributed by atoms with Crippen molar-refractivity contribution in [3.63, 3.8) is 0 Å². The first kappa shape index (κ1) is 15.9. The Bertz CT molecular complexity index is 498. The summed E-state index contributed by atoms with van der Waals surface area (Å²) < 4.78 is 0.307. The van der Waals surface area contributed by atoms with Gasteiger partial charge in [0.05, 0.1) is 4.92 Å². The molecule has 5 nitrogen and oxygen atoms in total. The van der Waals surface area contributed by atoms with Crippen LogP contribution in [0.15, 0.2) is 18.2 Å². The van der Waals surface area contributed by atoms with Crippen LogP contribution in [0.5, 0.6) is 0 Å². The fraction of sp³-hybridized carbons (Fsp3) is 0.600. The van der Waals surface area contributed by atoms with Crippen molar-refractivity contribution in [2.24, 2.45) is 0 Å². The molecule has 0 bridgehead atoms. The minimum absolute atomic E-state index is 0.130. The van der Waals surface area contributed by atoms with Crippen LogP contribution in [0.3, 0.4) is 0 Å². The van der Waals surface area contributed by atoms with Crippen LogP contribution in [0.2, 0.25) is 0 Å². The Labute approximate surface area is 130 Å². The summed E-state index contributed by atoms with van der Waals surface area (Å²) in [5, 5.41) is 17.7. The third-order valence-corrected chi connectivity index (χ3v) is 5.44. The molecule has 0 saturated heterocycles. The molecular weight excluding hydrogens is 286 g/mol. The molecule has 1 aromatic carbocycles. The molecule has 0 heterocycles. The highest BCUT2D eigenvalue weighted by Crippen LogP contribution is 2.42. The summed E-state index contributed by atoms with van der Waals surface area (Å²) in [6, 6.07) is 5.16. The smallest absolute Gasteiger partial charge is 0.273 e. The third kappa shape index (κ3) is 4.03. The maximum absolute atomic E-state index is 11.0. The van der Waals surface area contributed by atoms with E-state index in [1.54, 1.807) is 12.1 Å². The normalized spacial score (nSPS) is 16.1. The van der Waals surface area contributed by atoms with Gasteiger partial charge in [-0.25, -0.2) is 0 Å². The van der Waals surface area contributed by atoms with Gasteiger partial charge < -0.3 is 10.6 Å². The number of benzene rings is 1. The van der Waals surface area contributed by atoms with Crippen molar-refractivity contribution < 1.29 is 4.92 Å². The predicted molar refractivity (Wildman–Crippen MR) is 90.5 cm³/mol. The van der Waals surface area contributed by atoms with E-state index < -0.39 is 0 Å². The van der Waals surface area contributed by atoms with E-state index in [1.807, 2.05) is 17.8 Å². The zero-order valence-corrected chi connectivity index (χ0v) is 13.5. The highest BCUT2D eigenvalue weighted by Gasteiger charge is 2.35. The molecule has 0 radical (unpaired) electrons.